The van der Waals surface area contributed by atoms with Gasteiger partial charge in [0.2, 0.25) is 0 Å². The Morgan fingerprint density at radius 2 is 1.18 bits per heavy atom. The molecule has 4 nitrogen and oxygen atoms in total. The first-order valence-corrected chi connectivity index (χ1v) is 14.6. The van der Waals surface area contributed by atoms with Crippen LogP contribution in [0.5, 0.6) is 0 Å². The Bertz CT molecular complexity index is 490. The smallest absolute Gasteiger partial charge is 0.303 e. The predicted molar refractivity (Wildman–Crippen MR) is 149 cm³/mol. The number of hydrogen-bond acceptors (Lipinski definition) is 3. The van der Waals surface area contributed by atoms with Gasteiger partial charge in [0, 0.05) is 32.4 Å². The molecule has 1 aliphatic rings. The third-order valence-electron chi connectivity index (χ3n) is 6.39. The fraction of sp³-hybridized carbons (Fsp3) is 0.833. The number of nitrogens with zero attached hydrogens (tertiary/aromatic N) is 2. The van der Waals surface area contributed by atoms with Gasteiger partial charge in [0.25, 0.3) is 0 Å². The van der Waals surface area contributed by atoms with Crippen LogP contribution in [0.25, 0.3) is 0 Å². The maximum Gasteiger partial charge on any atom is 0.303 e. The molecule has 1 aliphatic heterocycles. The van der Waals surface area contributed by atoms with E-state index in [0.717, 1.165) is 19.5 Å². The summed E-state index contributed by atoms with van der Waals surface area (Å²) in [7, 11) is 2.12. The van der Waals surface area contributed by atoms with Crippen molar-refractivity contribution in [2.45, 2.75) is 142 Å². The highest BCUT2D eigenvalue weighted by molar-refractivity contribution is 5.66. The fourth-order valence-electron chi connectivity index (χ4n) is 4.18. The summed E-state index contributed by atoms with van der Waals surface area (Å²) in [6, 6.07) is 0. The highest BCUT2D eigenvalue weighted by atomic mass is 16.4. The molecule has 0 aliphatic carbocycles. The quantitative estimate of drug-likeness (QED) is 0.124. The maximum absolute atomic E-state index is 10.3. The topological polar surface area (TPSA) is 43.8 Å². The van der Waals surface area contributed by atoms with Gasteiger partial charge in [-0.15, -0.1) is 0 Å². The molecule has 0 radical (unpaired) electrons. The minimum atomic E-state index is -0.664. The number of carboxylic acid groups (broad SMARTS) is 1. The van der Waals surface area contributed by atoms with Crippen LogP contribution >= 0.6 is 0 Å². The van der Waals surface area contributed by atoms with Crippen LogP contribution in [0.3, 0.4) is 0 Å². The molecular weight excluding hydrogens is 420 g/mol. The summed E-state index contributed by atoms with van der Waals surface area (Å²) in [5, 5.41) is 8.51. The lowest BCUT2D eigenvalue weighted by molar-refractivity contribution is -0.137. The average molecular weight is 479 g/mol. The third-order valence-corrected chi connectivity index (χ3v) is 6.39. The van der Waals surface area contributed by atoms with Gasteiger partial charge in [0.1, 0.15) is 0 Å². The predicted octanol–water partition coefficient (Wildman–Crippen LogP) is 9.13. The van der Waals surface area contributed by atoms with Crippen molar-refractivity contribution in [3.05, 3.63) is 24.6 Å². The number of unbranched alkanes of at least 4 members (excludes halogenated alkanes) is 16. The molecule has 34 heavy (non-hydrogen) atoms. The van der Waals surface area contributed by atoms with E-state index in [1.54, 1.807) is 0 Å². The number of aliphatic carboxylic acids is 1. The van der Waals surface area contributed by atoms with E-state index in [1.165, 1.54) is 116 Å². The molecule has 0 atom stereocenters. The van der Waals surface area contributed by atoms with Gasteiger partial charge in [-0.25, -0.2) is 0 Å². The minimum absolute atomic E-state index is 0.332. The summed E-state index contributed by atoms with van der Waals surface area (Å²) in [4.78, 5) is 14.9. The Labute approximate surface area is 212 Å². The fourth-order valence-corrected chi connectivity index (χ4v) is 4.18. The molecule has 0 aromatic heterocycles. The molecule has 0 saturated heterocycles. The van der Waals surface area contributed by atoms with Gasteiger partial charge in [-0.2, -0.15) is 0 Å². The van der Waals surface area contributed by atoms with Gasteiger partial charge in [0.15, 0.2) is 0 Å². The van der Waals surface area contributed by atoms with E-state index in [0.29, 0.717) is 6.42 Å². The molecule has 0 bridgehead atoms. The molecule has 0 spiro atoms. The zero-order valence-corrected chi connectivity index (χ0v) is 23.1. The van der Waals surface area contributed by atoms with Crippen LogP contribution < -0.4 is 0 Å². The monoisotopic (exact) mass is 478 g/mol. The summed E-state index contributed by atoms with van der Waals surface area (Å²) in [5.41, 5.74) is 0. The van der Waals surface area contributed by atoms with E-state index < -0.39 is 5.97 Å². The molecule has 4 heteroatoms. The van der Waals surface area contributed by atoms with Crippen molar-refractivity contribution in [2.24, 2.45) is 0 Å². The van der Waals surface area contributed by atoms with E-state index in [4.69, 9.17) is 5.11 Å². The highest BCUT2D eigenvalue weighted by Crippen LogP contribution is 2.10. The SMILES string of the molecule is CCCCCCCC/C=C\CCCCCCCC(=O)O.CCCCCCCCN1C=CN(C)C1. The third kappa shape index (κ3) is 25.2. The van der Waals surface area contributed by atoms with Crippen molar-refractivity contribution < 1.29 is 9.90 Å². The Morgan fingerprint density at radius 3 is 1.65 bits per heavy atom. The first kappa shape index (κ1) is 32.5. The van der Waals surface area contributed by atoms with Gasteiger partial charge in [-0.1, -0.05) is 109 Å². The van der Waals surface area contributed by atoms with Crippen LogP contribution in [0.1, 0.15) is 142 Å². The highest BCUT2D eigenvalue weighted by Gasteiger charge is 2.06. The van der Waals surface area contributed by atoms with Crippen molar-refractivity contribution in [1.82, 2.24) is 9.80 Å². The lowest BCUT2D eigenvalue weighted by atomic mass is 10.1. The summed E-state index contributed by atoms with van der Waals surface area (Å²) in [6.07, 6.45) is 33.9. The normalized spacial score (nSPS) is 13.0. The van der Waals surface area contributed by atoms with Crippen molar-refractivity contribution in [1.29, 1.82) is 0 Å². The van der Waals surface area contributed by atoms with Gasteiger partial charge >= 0.3 is 5.97 Å². The zero-order chi connectivity index (χ0) is 25.1. The minimum Gasteiger partial charge on any atom is -0.481 e. The van der Waals surface area contributed by atoms with Crippen LogP contribution in [0.4, 0.5) is 0 Å². The molecule has 0 aromatic carbocycles. The molecule has 0 unspecified atom stereocenters. The van der Waals surface area contributed by atoms with Crippen molar-refractivity contribution >= 4 is 5.97 Å². The largest absolute Gasteiger partial charge is 0.481 e. The molecule has 1 rings (SSSR count). The lowest BCUT2D eigenvalue weighted by Gasteiger charge is -2.17. The Kier molecular flexibility index (Phi) is 25.0. The molecular formula is C30H58N2O2. The average Bonchev–Trinajstić information content (AvgIpc) is 3.24. The number of carbonyl (C=O) groups is 1. The Morgan fingerprint density at radius 1 is 0.706 bits per heavy atom. The van der Waals surface area contributed by atoms with Crippen molar-refractivity contribution in [3.8, 4) is 0 Å². The van der Waals surface area contributed by atoms with E-state index >= 15 is 0 Å². The summed E-state index contributed by atoms with van der Waals surface area (Å²) in [6.45, 7) is 6.84. The van der Waals surface area contributed by atoms with Crippen molar-refractivity contribution in [3.63, 3.8) is 0 Å². The zero-order valence-electron chi connectivity index (χ0n) is 23.1. The van der Waals surface area contributed by atoms with Crippen LogP contribution in [0.15, 0.2) is 24.6 Å². The first-order chi connectivity index (χ1) is 16.6. The first-order valence-electron chi connectivity index (χ1n) is 14.6. The number of hydrogen-bond donors (Lipinski definition) is 1. The molecule has 0 aromatic rings. The molecule has 200 valence electrons. The Hall–Kier alpha value is -1.45. The molecule has 1 N–H and O–H groups in total. The number of carboxylic acids is 1. The molecule has 0 amide bonds. The van der Waals surface area contributed by atoms with E-state index in [1.807, 2.05) is 0 Å². The lowest BCUT2D eigenvalue weighted by Crippen LogP contribution is -2.23. The molecule has 1 heterocycles. The van der Waals surface area contributed by atoms with E-state index in [9.17, 15) is 4.79 Å². The van der Waals surface area contributed by atoms with Gasteiger partial charge in [-0.05, 0) is 38.5 Å². The summed E-state index contributed by atoms with van der Waals surface area (Å²) in [5.74, 6) is -0.664. The second-order valence-corrected chi connectivity index (χ2v) is 10.0. The Balaban J connectivity index is 0.000000679. The second kappa shape index (κ2) is 26.2. The van der Waals surface area contributed by atoms with Crippen LogP contribution in [0, 0.1) is 0 Å². The van der Waals surface area contributed by atoms with Crippen LogP contribution in [0.2, 0.25) is 0 Å². The van der Waals surface area contributed by atoms with E-state index in [2.05, 4.69) is 55.2 Å². The van der Waals surface area contributed by atoms with Crippen LogP contribution in [-0.4, -0.2) is 41.1 Å². The van der Waals surface area contributed by atoms with Gasteiger partial charge < -0.3 is 14.9 Å². The number of rotatable bonds is 22. The summed E-state index contributed by atoms with van der Waals surface area (Å²) >= 11 is 0. The summed E-state index contributed by atoms with van der Waals surface area (Å²) < 4.78 is 0. The standard InChI is InChI=1S/C18H34O2.C12H24N2/c1-2-3-4-5-6-7-8-9-10-11-12-13-14-15-16-17-18(19)20;1-3-4-5-6-7-8-9-14-11-10-13(2)12-14/h9-10H,2-8,11-17H2,1H3,(H,19,20);10-11H,3-9,12H2,1-2H3/b10-9-;. The van der Waals surface area contributed by atoms with Crippen molar-refractivity contribution in [2.75, 3.05) is 20.3 Å². The maximum atomic E-state index is 10.3. The van der Waals surface area contributed by atoms with E-state index in [-0.39, 0.29) is 0 Å². The van der Waals surface area contributed by atoms with Gasteiger partial charge in [-0.3, -0.25) is 4.79 Å². The molecule has 0 saturated carbocycles. The van der Waals surface area contributed by atoms with Crippen LogP contribution in [-0.2, 0) is 4.79 Å². The second-order valence-electron chi connectivity index (χ2n) is 10.0. The number of allylic oxidation sites excluding steroid dienone is 2. The molecule has 0 fully saturated rings. The van der Waals surface area contributed by atoms with Gasteiger partial charge in [0.05, 0.1) is 6.67 Å².